The Morgan fingerprint density at radius 3 is 2.46 bits per heavy atom. The van der Waals surface area contributed by atoms with E-state index in [9.17, 15) is 0 Å². The van der Waals surface area contributed by atoms with E-state index in [4.69, 9.17) is 9.47 Å². The molecule has 0 bridgehead atoms. The van der Waals surface area contributed by atoms with Crippen molar-refractivity contribution in [3.63, 3.8) is 0 Å². The summed E-state index contributed by atoms with van der Waals surface area (Å²) in [4.78, 5) is 0. The lowest BCUT2D eigenvalue weighted by Crippen LogP contribution is -2.36. The van der Waals surface area contributed by atoms with Crippen LogP contribution in [0.2, 0.25) is 0 Å². The molecule has 2 saturated heterocycles. The highest BCUT2D eigenvalue weighted by Crippen LogP contribution is 2.31. The first kappa shape index (κ1) is 9.47. The molecule has 1 atom stereocenters. The van der Waals surface area contributed by atoms with Crippen molar-refractivity contribution in [1.29, 1.82) is 0 Å². The second-order valence-corrected chi connectivity index (χ2v) is 4.35. The monoisotopic (exact) mass is 184 g/mol. The molecule has 2 aliphatic heterocycles. The fourth-order valence-corrected chi connectivity index (χ4v) is 2.38. The second-order valence-electron chi connectivity index (χ2n) is 4.35. The molecule has 0 aromatic rings. The zero-order valence-electron chi connectivity index (χ0n) is 8.39. The minimum absolute atomic E-state index is 0.104. The van der Waals surface area contributed by atoms with E-state index >= 15 is 0 Å². The third-order valence-electron chi connectivity index (χ3n) is 3.22. The zero-order valence-corrected chi connectivity index (χ0v) is 8.39. The Labute approximate surface area is 80.6 Å². The summed E-state index contributed by atoms with van der Waals surface area (Å²) in [6.45, 7) is 2.72. The lowest BCUT2D eigenvalue weighted by atomic mass is 9.92. The fourth-order valence-electron chi connectivity index (χ4n) is 2.38. The van der Waals surface area contributed by atoms with E-state index in [1.807, 2.05) is 0 Å². The molecule has 1 unspecified atom stereocenters. The Morgan fingerprint density at radius 2 is 1.54 bits per heavy atom. The molecule has 0 aromatic heterocycles. The van der Waals surface area contributed by atoms with Crippen LogP contribution < -0.4 is 0 Å². The number of hydrogen-bond donors (Lipinski definition) is 0. The van der Waals surface area contributed by atoms with Crippen molar-refractivity contribution >= 4 is 0 Å². The molecular formula is C11H20O2. The maximum atomic E-state index is 5.99. The van der Waals surface area contributed by atoms with Crippen molar-refractivity contribution in [2.75, 3.05) is 19.8 Å². The van der Waals surface area contributed by atoms with E-state index < -0.39 is 0 Å². The second kappa shape index (κ2) is 4.43. The first-order valence-electron chi connectivity index (χ1n) is 5.63. The topological polar surface area (TPSA) is 18.5 Å². The molecule has 2 heterocycles. The molecule has 0 aromatic carbocycles. The van der Waals surface area contributed by atoms with E-state index in [0.29, 0.717) is 0 Å². The van der Waals surface area contributed by atoms with E-state index in [0.717, 1.165) is 19.8 Å². The smallest absolute Gasteiger partial charge is 0.0914 e. The van der Waals surface area contributed by atoms with Crippen LogP contribution in [0.1, 0.15) is 44.9 Å². The summed E-state index contributed by atoms with van der Waals surface area (Å²) >= 11 is 0. The quantitative estimate of drug-likeness (QED) is 0.576. The summed E-state index contributed by atoms with van der Waals surface area (Å²) in [6, 6.07) is 0. The van der Waals surface area contributed by atoms with Gasteiger partial charge in [-0.25, -0.2) is 0 Å². The highest BCUT2D eigenvalue weighted by molar-refractivity contribution is 4.83. The summed E-state index contributed by atoms with van der Waals surface area (Å²) < 4.78 is 11.6. The largest absolute Gasteiger partial charge is 0.378 e. The molecule has 2 nitrogen and oxygen atoms in total. The van der Waals surface area contributed by atoms with Crippen LogP contribution in [0, 0.1) is 0 Å². The van der Waals surface area contributed by atoms with E-state index in [2.05, 4.69) is 0 Å². The van der Waals surface area contributed by atoms with Crippen molar-refractivity contribution < 1.29 is 9.47 Å². The van der Waals surface area contributed by atoms with Crippen LogP contribution in [0.3, 0.4) is 0 Å². The van der Waals surface area contributed by atoms with Crippen LogP contribution in [-0.2, 0) is 9.47 Å². The van der Waals surface area contributed by atoms with Crippen LogP contribution in [0.5, 0.6) is 0 Å². The van der Waals surface area contributed by atoms with Gasteiger partial charge in [0.05, 0.1) is 12.2 Å². The molecule has 2 fully saturated rings. The SMILES string of the molecule is C1CCOC2(CC1)CCCCOC2. The number of rotatable bonds is 0. The molecule has 2 heteroatoms. The molecule has 0 aliphatic carbocycles. The van der Waals surface area contributed by atoms with Crippen LogP contribution in [0.4, 0.5) is 0 Å². The molecule has 0 N–H and O–H groups in total. The Kier molecular flexibility index (Phi) is 3.23. The standard InChI is InChI=1S/C11H20O2/c1-2-6-11(13-9-4-1)7-3-5-8-12-10-11/h1-10H2. The predicted octanol–water partition coefficient (Wildman–Crippen LogP) is 2.52. The van der Waals surface area contributed by atoms with Crippen molar-refractivity contribution in [2.24, 2.45) is 0 Å². The zero-order chi connectivity index (χ0) is 8.99. The maximum Gasteiger partial charge on any atom is 0.0914 e. The van der Waals surface area contributed by atoms with Gasteiger partial charge in [0.1, 0.15) is 0 Å². The molecule has 0 radical (unpaired) electrons. The lowest BCUT2D eigenvalue weighted by molar-refractivity contribution is -0.0904. The van der Waals surface area contributed by atoms with Gasteiger partial charge in [-0.05, 0) is 32.1 Å². The molecule has 76 valence electrons. The van der Waals surface area contributed by atoms with E-state index in [-0.39, 0.29) is 5.60 Å². The van der Waals surface area contributed by atoms with Gasteiger partial charge in [-0.1, -0.05) is 12.8 Å². The fraction of sp³-hybridized carbons (Fsp3) is 1.00. The number of ether oxygens (including phenoxy) is 2. The summed E-state index contributed by atoms with van der Waals surface area (Å²) in [5.41, 5.74) is 0.104. The van der Waals surface area contributed by atoms with Gasteiger partial charge in [0.15, 0.2) is 0 Å². The molecule has 0 amide bonds. The average Bonchev–Trinajstić information content (AvgIpc) is 2.50. The maximum absolute atomic E-state index is 5.99. The first-order valence-corrected chi connectivity index (χ1v) is 5.63. The van der Waals surface area contributed by atoms with Gasteiger partial charge in [-0.2, -0.15) is 0 Å². The van der Waals surface area contributed by atoms with Gasteiger partial charge < -0.3 is 9.47 Å². The Bertz CT molecular complexity index is 119. The van der Waals surface area contributed by atoms with Gasteiger partial charge >= 0.3 is 0 Å². The predicted molar refractivity (Wildman–Crippen MR) is 51.8 cm³/mol. The highest BCUT2D eigenvalue weighted by Gasteiger charge is 2.33. The molecular weight excluding hydrogens is 164 g/mol. The summed E-state index contributed by atoms with van der Waals surface area (Å²) in [6.07, 6.45) is 8.82. The van der Waals surface area contributed by atoms with E-state index in [1.54, 1.807) is 0 Å². The van der Waals surface area contributed by atoms with Crippen molar-refractivity contribution in [1.82, 2.24) is 0 Å². The molecule has 2 rings (SSSR count). The van der Waals surface area contributed by atoms with Gasteiger partial charge in [0.2, 0.25) is 0 Å². The van der Waals surface area contributed by atoms with Gasteiger partial charge in [0, 0.05) is 13.2 Å². The molecule has 2 aliphatic rings. The van der Waals surface area contributed by atoms with Crippen LogP contribution in [0.25, 0.3) is 0 Å². The third kappa shape index (κ3) is 2.44. The Morgan fingerprint density at radius 1 is 0.769 bits per heavy atom. The Hall–Kier alpha value is -0.0800. The third-order valence-corrected chi connectivity index (χ3v) is 3.22. The lowest BCUT2D eigenvalue weighted by Gasteiger charge is -2.30. The molecule has 0 saturated carbocycles. The average molecular weight is 184 g/mol. The highest BCUT2D eigenvalue weighted by atomic mass is 16.5. The summed E-state index contributed by atoms with van der Waals surface area (Å²) in [5, 5.41) is 0. The Balaban J connectivity index is 1.97. The van der Waals surface area contributed by atoms with E-state index in [1.165, 1.54) is 44.9 Å². The molecule has 1 spiro atoms. The van der Waals surface area contributed by atoms with Gasteiger partial charge in [-0.15, -0.1) is 0 Å². The first-order chi connectivity index (χ1) is 6.41. The van der Waals surface area contributed by atoms with Crippen molar-refractivity contribution in [3.05, 3.63) is 0 Å². The van der Waals surface area contributed by atoms with Crippen LogP contribution >= 0.6 is 0 Å². The summed E-state index contributed by atoms with van der Waals surface area (Å²) in [7, 11) is 0. The van der Waals surface area contributed by atoms with Crippen molar-refractivity contribution in [3.8, 4) is 0 Å². The normalized spacial score (nSPS) is 36.9. The number of hydrogen-bond acceptors (Lipinski definition) is 2. The minimum Gasteiger partial charge on any atom is -0.378 e. The van der Waals surface area contributed by atoms with Gasteiger partial charge in [0.25, 0.3) is 0 Å². The minimum atomic E-state index is 0.104. The molecule has 13 heavy (non-hydrogen) atoms. The van der Waals surface area contributed by atoms with Crippen LogP contribution in [-0.4, -0.2) is 25.4 Å². The van der Waals surface area contributed by atoms with Gasteiger partial charge in [-0.3, -0.25) is 0 Å². The van der Waals surface area contributed by atoms with Crippen LogP contribution in [0.15, 0.2) is 0 Å². The van der Waals surface area contributed by atoms with Crippen molar-refractivity contribution in [2.45, 2.75) is 50.5 Å². The summed E-state index contributed by atoms with van der Waals surface area (Å²) in [5.74, 6) is 0.